The maximum atomic E-state index is 12.0. The fraction of sp³-hybridized carbons (Fsp3) is 0.467. The Kier molecular flexibility index (Phi) is 4.01. The van der Waals surface area contributed by atoms with Gasteiger partial charge in [-0.05, 0) is 48.9 Å². The number of hydrogen-bond acceptors (Lipinski definition) is 2. The summed E-state index contributed by atoms with van der Waals surface area (Å²) in [6.45, 7) is 0. The molecule has 3 rings (SSSR count). The van der Waals surface area contributed by atoms with Crippen molar-refractivity contribution in [2.24, 2.45) is 17.8 Å². The molecule has 1 aromatic carbocycles. The first-order valence-electron chi connectivity index (χ1n) is 7.27. The lowest BCUT2D eigenvalue weighted by Gasteiger charge is -2.09. The zero-order chi connectivity index (χ0) is 14.8. The number of carbonyl (C=O) groups excluding carboxylic acids is 2. The second-order valence-corrected chi connectivity index (χ2v) is 6.15. The van der Waals surface area contributed by atoms with Crippen molar-refractivity contribution >= 4 is 29.2 Å². The summed E-state index contributed by atoms with van der Waals surface area (Å²) in [6, 6.07) is 6.29. The Morgan fingerprint density at radius 1 is 1.00 bits per heavy atom. The van der Waals surface area contributed by atoms with Gasteiger partial charge < -0.3 is 5.32 Å². The van der Waals surface area contributed by atoms with Crippen molar-refractivity contribution in [3.8, 4) is 0 Å². The molecule has 2 unspecified atom stereocenters. The zero-order valence-corrected chi connectivity index (χ0v) is 12.3. The number of hydrazine groups is 1. The van der Waals surface area contributed by atoms with Crippen LogP contribution >= 0.6 is 11.6 Å². The number of urea groups is 1. The molecule has 112 valence electrons. The highest BCUT2D eigenvalue weighted by molar-refractivity contribution is 6.30. The second-order valence-electron chi connectivity index (χ2n) is 5.71. The van der Waals surface area contributed by atoms with Crippen LogP contribution in [0.3, 0.4) is 0 Å². The first-order valence-corrected chi connectivity index (χ1v) is 7.65. The fourth-order valence-electron chi connectivity index (χ4n) is 3.28. The van der Waals surface area contributed by atoms with Crippen LogP contribution in [0.5, 0.6) is 0 Å². The number of nitrogens with one attached hydrogen (secondary N) is 3. The van der Waals surface area contributed by atoms with E-state index in [2.05, 4.69) is 16.2 Å². The van der Waals surface area contributed by atoms with Crippen LogP contribution in [-0.4, -0.2) is 11.9 Å². The van der Waals surface area contributed by atoms with Crippen LogP contribution in [0.1, 0.15) is 25.7 Å². The third kappa shape index (κ3) is 3.29. The summed E-state index contributed by atoms with van der Waals surface area (Å²) in [5.41, 5.74) is 5.52. The minimum absolute atomic E-state index is 0.0712. The number of benzene rings is 1. The van der Waals surface area contributed by atoms with Gasteiger partial charge in [-0.2, -0.15) is 0 Å². The van der Waals surface area contributed by atoms with E-state index in [4.69, 9.17) is 11.6 Å². The van der Waals surface area contributed by atoms with Crippen molar-refractivity contribution in [1.82, 2.24) is 10.9 Å². The van der Waals surface area contributed by atoms with E-state index in [0.29, 0.717) is 22.5 Å². The first-order chi connectivity index (χ1) is 10.1. The highest BCUT2D eigenvalue weighted by Gasteiger charge is 2.54. The van der Waals surface area contributed by atoms with Crippen LogP contribution in [0, 0.1) is 17.8 Å². The Bertz CT molecular complexity index is 534. The lowest BCUT2D eigenvalue weighted by atomic mass is 10.0. The Morgan fingerprint density at radius 2 is 1.62 bits per heavy atom. The Labute approximate surface area is 128 Å². The normalized spacial score (nSPS) is 26.4. The molecule has 21 heavy (non-hydrogen) atoms. The molecule has 0 spiro atoms. The monoisotopic (exact) mass is 307 g/mol. The van der Waals surface area contributed by atoms with Gasteiger partial charge in [0.2, 0.25) is 5.91 Å². The molecule has 3 amide bonds. The molecule has 5 nitrogen and oxygen atoms in total. The van der Waals surface area contributed by atoms with Gasteiger partial charge in [0.05, 0.1) is 0 Å². The highest BCUT2D eigenvalue weighted by atomic mass is 35.5. The molecule has 0 radical (unpaired) electrons. The van der Waals surface area contributed by atoms with Crippen LogP contribution in [0.25, 0.3) is 0 Å². The Hall–Kier alpha value is -1.75. The molecule has 0 saturated heterocycles. The predicted molar refractivity (Wildman–Crippen MR) is 80.7 cm³/mol. The molecule has 3 N–H and O–H groups in total. The molecule has 2 saturated carbocycles. The lowest BCUT2D eigenvalue weighted by Crippen LogP contribution is -2.45. The van der Waals surface area contributed by atoms with Crippen LogP contribution < -0.4 is 16.2 Å². The number of halogens is 1. The summed E-state index contributed by atoms with van der Waals surface area (Å²) in [5, 5.41) is 3.23. The number of fused-ring (bicyclic) bond motifs is 1. The summed E-state index contributed by atoms with van der Waals surface area (Å²) < 4.78 is 0. The van der Waals surface area contributed by atoms with Gasteiger partial charge in [0.1, 0.15) is 0 Å². The Morgan fingerprint density at radius 3 is 2.24 bits per heavy atom. The topological polar surface area (TPSA) is 70.2 Å². The quantitative estimate of drug-likeness (QED) is 0.735. The van der Waals surface area contributed by atoms with E-state index >= 15 is 0 Å². The van der Waals surface area contributed by atoms with Crippen molar-refractivity contribution in [3.63, 3.8) is 0 Å². The van der Waals surface area contributed by atoms with Gasteiger partial charge in [-0.3, -0.25) is 10.2 Å². The first kappa shape index (κ1) is 14.2. The summed E-state index contributed by atoms with van der Waals surface area (Å²) >= 11 is 5.77. The maximum Gasteiger partial charge on any atom is 0.337 e. The van der Waals surface area contributed by atoms with E-state index in [-0.39, 0.29) is 11.8 Å². The summed E-state index contributed by atoms with van der Waals surface area (Å²) in [4.78, 5) is 23.7. The number of anilines is 1. The van der Waals surface area contributed by atoms with Gasteiger partial charge in [0.25, 0.3) is 0 Å². The molecule has 1 aromatic rings. The van der Waals surface area contributed by atoms with E-state index in [1.54, 1.807) is 24.3 Å². The third-order valence-corrected chi connectivity index (χ3v) is 4.61. The molecule has 2 aliphatic carbocycles. The minimum atomic E-state index is -0.464. The molecular weight excluding hydrogens is 290 g/mol. The molecular formula is C15H18ClN3O2. The standard InChI is InChI=1S/C15H18ClN3O2/c16-9-5-7-10(8-6-9)17-15(21)19-18-14(20)13-11-3-1-2-4-12(11)13/h5-8,11-13H,1-4H2,(H,18,20)(H2,17,19,21). The largest absolute Gasteiger partial charge is 0.337 e. The van der Waals surface area contributed by atoms with E-state index in [1.807, 2.05) is 0 Å². The van der Waals surface area contributed by atoms with Gasteiger partial charge in [-0.25, -0.2) is 10.2 Å². The van der Waals surface area contributed by atoms with Crippen molar-refractivity contribution in [1.29, 1.82) is 0 Å². The van der Waals surface area contributed by atoms with Gasteiger partial charge >= 0.3 is 6.03 Å². The molecule has 2 fully saturated rings. The van der Waals surface area contributed by atoms with Crippen LogP contribution in [-0.2, 0) is 4.79 Å². The van der Waals surface area contributed by atoms with Crippen molar-refractivity contribution in [2.45, 2.75) is 25.7 Å². The number of amides is 3. The second kappa shape index (κ2) is 5.93. The van der Waals surface area contributed by atoms with Crippen LogP contribution in [0.15, 0.2) is 24.3 Å². The molecule has 2 atom stereocenters. The maximum absolute atomic E-state index is 12.0. The van der Waals surface area contributed by atoms with Gasteiger partial charge in [-0.15, -0.1) is 0 Å². The van der Waals surface area contributed by atoms with Crippen molar-refractivity contribution in [2.75, 3.05) is 5.32 Å². The van der Waals surface area contributed by atoms with Crippen molar-refractivity contribution < 1.29 is 9.59 Å². The summed E-state index contributed by atoms with van der Waals surface area (Å²) in [6.07, 6.45) is 4.71. The van der Waals surface area contributed by atoms with Crippen molar-refractivity contribution in [3.05, 3.63) is 29.3 Å². The summed E-state index contributed by atoms with van der Waals surface area (Å²) in [7, 11) is 0. The smallest absolute Gasteiger partial charge is 0.307 e. The lowest BCUT2D eigenvalue weighted by molar-refractivity contribution is -0.123. The van der Waals surface area contributed by atoms with Crippen LogP contribution in [0.2, 0.25) is 5.02 Å². The zero-order valence-electron chi connectivity index (χ0n) is 11.6. The molecule has 2 aliphatic rings. The van der Waals surface area contributed by atoms with Crippen LogP contribution in [0.4, 0.5) is 10.5 Å². The average Bonchev–Trinajstić information content (AvgIpc) is 3.22. The van der Waals surface area contributed by atoms with Gasteiger partial charge in [-0.1, -0.05) is 24.4 Å². The van der Waals surface area contributed by atoms with E-state index in [9.17, 15) is 9.59 Å². The summed E-state index contributed by atoms with van der Waals surface area (Å²) in [5.74, 6) is 1.07. The Balaban J connectivity index is 1.43. The molecule has 0 bridgehead atoms. The molecule has 0 aromatic heterocycles. The number of rotatable bonds is 2. The predicted octanol–water partition coefficient (Wildman–Crippen LogP) is 2.93. The number of hydrogen-bond donors (Lipinski definition) is 3. The molecule has 6 heteroatoms. The molecule has 0 aliphatic heterocycles. The molecule has 0 heterocycles. The van der Waals surface area contributed by atoms with Gasteiger partial charge in [0.15, 0.2) is 0 Å². The fourth-order valence-corrected chi connectivity index (χ4v) is 3.40. The average molecular weight is 308 g/mol. The highest BCUT2D eigenvalue weighted by Crippen LogP contribution is 2.55. The van der Waals surface area contributed by atoms with E-state index < -0.39 is 6.03 Å². The third-order valence-electron chi connectivity index (χ3n) is 4.36. The SMILES string of the molecule is O=C(NNC(=O)C1C2CCCCC21)Nc1ccc(Cl)cc1. The minimum Gasteiger partial charge on any atom is -0.307 e. The van der Waals surface area contributed by atoms with E-state index in [0.717, 1.165) is 12.8 Å². The van der Waals surface area contributed by atoms with E-state index in [1.165, 1.54) is 12.8 Å². The number of carbonyl (C=O) groups is 2. The van der Waals surface area contributed by atoms with Gasteiger partial charge in [0, 0.05) is 16.6 Å².